The van der Waals surface area contributed by atoms with Crippen LogP contribution in [0.25, 0.3) is 0 Å². The lowest BCUT2D eigenvalue weighted by Crippen LogP contribution is -2.61. The van der Waals surface area contributed by atoms with E-state index < -0.39 is 0 Å². The molecular formula is C22H32N2O3. The number of aryl methyl sites for hydroxylation is 2. The van der Waals surface area contributed by atoms with E-state index in [1.54, 1.807) is 0 Å². The molecule has 1 aromatic rings. The van der Waals surface area contributed by atoms with Crippen LogP contribution in [-0.2, 0) is 20.7 Å². The van der Waals surface area contributed by atoms with Gasteiger partial charge in [0.2, 0.25) is 11.8 Å². The Balaban J connectivity index is 1.47. The van der Waals surface area contributed by atoms with Crippen LogP contribution in [0.5, 0.6) is 0 Å². The van der Waals surface area contributed by atoms with E-state index in [1.807, 2.05) is 37.8 Å². The maximum absolute atomic E-state index is 12.7. The van der Waals surface area contributed by atoms with Gasteiger partial charge in [-0.05, 0) is 45.6 Å². The minimum Gasteiger partial charge on any atom is -0.365 e. The summed E-state index contributed by atoms with van der Waals surface area (Å²) in [6, 6.07) is 8.20. The van der Waals surface area contributed by atoms with Crippen molar-refractivity contribution in [3.63, 3.8) is 0 Å². The number of hydrogen-bond acceptors (Lipinski definition) is 3. The Kier molecular flexibility index (Phi) is 5.89. The lowest BCUT2D eigenvalue weighted by atomic mass is 9.94. The van der Waals surface area contributed by atoms with Gasteiger partial charge in [-0.15, -0.1) is 0 Å². The van der Waals surface area contributed by atoms with Crippen LogP contribution in [0, 0.1) is 6.92 Å². The summed E-state index contributed by atoms with van der Waals surface area (Å²) in [4.78, 5) is 26.7. The van der Waals surface area contributed by atoms with E-state index in [9.17, 15) is 9.59 Å². The van der Waals surface area contributed by atoms with Crippen LogP contribution >= 0.6 is 0 Å². The fourth-order valence-corrected chi connectivity index (χ4v) is 4.36. The smallest absolute Gasteiger partial charge is 0.242 e. The summed E-state index contributed by atoms with van der Waals surface area (Å²) in [5, 5.41) is 2.80. The molecule has 1 N–H and O–H groups in total. The van der Waals surface area contributed by atoms with Crippen molar-refractivity contribution in [1.29, 1.82) is 0 Å². The molecule has 148 valence electrons. The Morgan fingerprint density at radius 3 is 2.44 bits per heavy atom. The molecule has 1 saturated heterocycles. The zero-order chi connectivity index (χ0) is 19.5. The molecule has 2 aliphatic rings. The Morgan fingerprint density at radius 2 is 1.78 bits per heavy atom. The summed E-state index contributed by atoms with van der Waals surface area (Å²) in [5.74, 6) is -0.0895. The summed E-state index contributed by atoms with van der Waals surface area (Å²) in [6.07, 6.45) is 5.44. The zero-order valence-corrected chi connectivity index (χ0v) is 16.8. The largest absolute Gasteiger partial charge is 0.365 e. The number of rotatable bonds is 5. The molecule has 2 fully saturated rings. The fourth-order valence-electron chi connectivity index (χ4n) is 4.36. The minimum atomic E-state index is -0.340. The second-order valence-electron chi connectivity index (χ2n) is 8.76. The van der Waals surface area contributed by atoms with Crippen molar-refractivity contribution in [2.45, 2.75) is 70.5 Å². The van der Waals surface area contributed by atoms with E-state index in [4.69, 9.17) is 4.74 Å². The van der Waals surface area contributed by atoms with Gasteiger partial charge in [0.1, 0.15) is 0 Å². The summed E-state index contributed by atoms with van der Waals surface area (Å²) in [5.41, 5.74) is 1.82. The van der Waals surface area contributed by atoms with Crippen LogP contribution in [0.4, 0.5) is 0 Å². The standard InChI is InChI=1S/C22H32N2O3/c1-17-6-8-18(9-7-17)10-11-19(25)23-14-20(26)24-15-21(2,3)27-22(16-24)12-4-5-13-22/h6-9H,4-5,10-16H2,1-3H3,(H,23,25). The Morgan fingerprint density at radius 1 is 1.11 bits per heavy atom. The quantitative estimate of drug-likeness (QED) is 0.864. The number of hydrogen-bond donors (Lipinski definition) is 1. The SMILES string of the molecule is Cc1ccc(CCC(=O)NCC(=O)N2CC(C)(C)OC3(CCCC3)C2)cc1. The van der Waals surface area contributed by atoms with E-state index in [0.29, 0.717) is 25.9 Å². The molecule has 1 aromatic carbocycles. The van der Waals surface area contributed by atoms with Gasteiger partial charge in [0.05, 0.1) is 17.7 Å². The fraction of sp³-hybridized carbons (Fsp3) is 0.636. The number of morpholine rings is 1. The Hall–Kier alpha value is -1.88. The van der Waals surface area contributed by atoms with Gasteiger partial charge in [-0.3, -0.25) is 9.59 Å². The number of carbonyl (C=O) groups is 2. The predicted octanol–water partition coefficient (Wildman–Crippen LogP) is 2.99. The number of ether oxygens (including phenoxy) is 1. The van der Waals surface area contributed by atoms with Crippen molar-refractivity contribution in [3.05, 3.63) is 35.4 Å². The van der Waals surface area contributed by atoms with E-state index in [2.05, 4.69) is 17.4 Å². The average molecular weight is 373 g/mol. The third-order valence-electron chi connectivity index (χ3n) is 5.61. The topological polar surface area (TPSA) is 58.6 Å². The molecule has 3 rings (SSSR count). The van der Waals surface area contributed by atoms with Gasteiger partial charge in [-0.1, -0.05) is 42.7 Å². The first-order valence-corrected chi connectivity index (χ1v) is 10.1. The first kappa shape index (κ1) is 19.9. The van der Waals surface area contributed by atoms with Crippen molar-refractivity contribution < 1.29 is 14.3 Å². The monoisotopic (exact) mass is 372 g/mol. The highest BCUT2D eigenvalue weighted by molar-refractivity contribution is 5.85. The molecule has 0 bridgehead atoms. The van der Waals surface area contributed by atoms with Crippen molar-refractivity contribution >= 4 is 11.8 Å². The van der Waals surface area contributed by atoms with Crippen LogP contribution in [-0.4, -0.2) is 47.6 Å². The van der Waals surface area contributed by atoms with Gasteiger partial charge in [0.15, 0.2) is 0 Å². The Bertz CT molecular complexity index is 675. The van der Waals surface area contributed by atoms with Crippen molar-refractivity contribution in [3.8, 4) is 0 Å². The van der Waals surface area contributed by atoms with Crippen LogP contribution in [0.3, 0.4) is 0 Å². The molecule has 1 saturated carbocycles. The van der Waals surface area contributed by atoms with Gasteiger partial charge < -0.3 is 15.0 Å². The van der Waals surface area contributed by atoms with Crippen LogP contribution in [0.1, 0.15) is 57.1 Å². The molecule has 0 atom stereocenters. The van der Waals surface area contributed by atoms with Crippen molar-refractivity contribution in [1.82, 2.24) is 10.2 Å². The lowest BCUT2D eigenvalue weighted by Gasteiger charge is -2.48. The number of nitrogens with one attached hydrogen (secondary N) is 1. The summed E-state index contributed by atoms with van der Waals surface area (Å²) in [7, 11) is 0. The van der Waals surface area contributed by atoms with Gasteiger partial charge >= 0.3 is 0 Å². The predicted molar refractivity (Wildman–Crippen MR) is 105 cm³/mol. The molecule has 0 radical (unpaired) electrons. The van der Waals surface area contributed by atoms with Crippen molar-refractivity contribution in [2.24, 2.45) is 0 Å². The first-order valence-electron chi connectivity index (χ1n) is 10.1. The highest BCUT2D eigenvalue weighted by Gasteiger charge is 2.46. The third-order valence-corrected chi connectivity index (χ3v) is 5.61. The molecule has 1 aliphatic carbocycles. The molecular weight excluding hydrogens is 340 g/mol. The van der Waals surface area contributed by atoms with Gasteiger partial charge in [0, 0.05) is 19.5 Å². The average Bonchev–Trinajstić information content (AvgIpc) is 3.04. The van der Waals surface area contributed by atoms with Crippen LogP contribution in [0.15, 0.2) is 24.3 Å². The highest BCUT2D eigenvalue weighted by atomic mass is 16.5. The van der Waals surface area contributed by atoms with E-state index in [0.717, 1.165) is 31.2 Å². The van der Waals surface area contributed by atoms with E-state index >= 15 is 0 Å². The maximum Gasteiger partial charge on any atom is 0.242 e. The molecule has 1 heterocycles. The lowest BCUT2D eigenvalue weighted by molar-refractivity contribution is -0.197. The molecule has 0 aromatic heterocycles. The Labute approximate surface area is 162 Å². The summed E-state index contributed by atoms with van der Waals surface area (Å²) in [6.45, 7) is 7.43. The molecule has 27 heavy (non-hydrogen) atoms. The van der Waals surface area contributed by atoms with Gasteiger partial charge in [0.25, 0.3) is 0 Å². The number of nitrogens with zero attached hydrogens (tertiary/aromatic N) is 1. The molecule has 1 spiro atoms. The summed E-state index contributed by atoms with van der Waals surface area (Å²) < 4.78 is 6.34. The molecule has 1 aliphatic heterocycles. The number of benzene rings is 1. The summed E-state index contributed by atoms with van der Waals surface area (Å²) >= 11 is 0. The molecule has 5 heteroatoms. The van der Waals surface area contributed by atoms with Crippen molar-refractivity contribution in [2.75, 3.05) is 19.6 Å². The third kappa shape index (κ3) is 5.32. The minimum absolute atomic E-state index is 0.0127. The second-order valence-corrected chi connectivity index (χ2v) is 8.76. The second kappa shape index (κ2) is 8.01. The van der Waals surface area contributed by atoms with Gasteiger partial charge in [-0.25, -0.2) is 0 Å². The highest BCUT2D eigenvalue weighted by Crippen LogP contribution is 2.40. The van der Waals surface area contributed by atoms with E-state index in [-0.39, 0.29) is 29.6 Å². The molecule has 0 unspecified atom stereocenters. The normalized spacial score (nSPS) is 20.6. The first-order chi connectivity index (χ1) is 12.8. The zero-order valence-electron chi connectivity index (χ0n) is 16.8. The van der Waals surface area contributed by atoms with Crippen LogP contribution in [0.2, 0.25) is 0 Å². The van der Waals surface area contributed by atoms with Crippen LogP contribution < -0.4 is 5.32 Å². The van der Waals surface area contributed by atoms with Gasteiger partial charge in [-0.2, -0.15) is 0 Å². The maximum atomic E-state index is 12.7. The number of amides is 2. The molecule has 5 nitrogen and oxygen atoms in total. The number of carbonyl (C=O) groups excluding carboxylic acids is 2. The molecule has 2 amide bonds. The van der Waals surface area contributed by atoms with E-state index in [1.165, 1.54) is 5.56 Å².